The van der Waals surface area contributed by atoms with E-state index in [4.69, 9.17) is 4.74 Å². The lowest BCUT2D eigenvalue weighted by atomic mass is 10.1. The topological polar surface area (TPSA) is 63.6 Å². The normalized spacial score (nSPS) is 15.5. The van der Waals surface area contributed by atoms with Crippen molar-refractivity contribution in [3.63, 3.8) is 0 Å². The first kappa shape index (κ1) is 13.7. The number of ether oxygens (including phenoxy) is 1. The van der Waals surface area contributed by atoms with Gasteiger partial charge in [0.15, 0.2) is 9.84 Å². The molecule has 0 bridgehead atoms. The van der Waals surface area contributed by atoms with Crippen LogP contribution in [0.2, 0.25) is 0 Å². The minimum absolute atomic E-state index is 0.561. The number of methoxy groups -OCH3 is 1. The summed E-state index contributed by atoms with van der Waals surface area (Å²) < 4.78 is 26.7. The molecule has 0 aliphatic heterocycles. The summed E-state index contributed by atoms with van der Waals surface area (Å²) in [5, 5.41) is 9.86. The zero-order chi connectivity index (χ0) is 12.3. The van der Waals surface area contributed by atoms with Gasteiger partial charge in [0, 0.05) is 6.26 Å². The van der Waals surface area contributed by atoms with Crippen LogP contribution in [0.4, 0.5) is 0 Å². The van der Waals surface area contributed by atoms with E-state index in [0.29, 0.717) is 11.3 Å². The molecule has 4 nitrogen and oxygen atoms in total. The lowest BCUT2D eigenvalue weighted by Crippen LogP contribution is -2.21. The number of hydrogen-bond donors (Lipinski definition) is 1. The van der Waals surface area contributed by atoms with Gasteiger partial charge < -0.3 is 9.84 Å². The SMILES string of the molecule is COc1ccc([C@@H](O)[C@H](I)S(C)(=O)=O)cc1. The summed E-state index contributed by atoms with van der Waals surface area (Å²) in [6.07, 6.45) is 0.0816. The Morgan fingerprint density at radius 3 is 2.19 bits per heavy atom. The van der Waals surface area contributed by atoms with E-state index in [9.17, 15) is 13.5 Å². The first-order valence-electron chi connectivity index (χ1n) is 4.51. The maximum absolute atomic E-state index is 11.3. The number of hydrogen-bond acceptors (Lipinski definition) is 4. The molecule has 0 heterocycles. The van der Waals surface area contributed by atoms with Crippen molar-refractivity contribution < 1.29 is 18.3 Å². The monoisotopic (exact) mass is 356 g/mol. The Morgan fingerprint density at radius 1 is 1.31 bits per heavy atom. The van der Waals surface area contributed by atoms with Crippen molar-refractivity contribution in [3.8, 4) is 5.75 Å². The van der Waals surface area contributed by atoms with Gasteiger partial charge in [-0.1, -0.05) is 34.7 Å². The van der Waals surface area contributed by atoms with Gasteiger partial charge in [0.25, 0.3) is 0 Å². The van der Waals surface area contributed by atoms with Gasteiger partial charge in [-0.25, -0.2) is 8.42 Å². The molecular weight excluding hydrogens is 343 g/mol. The fraction of sp³-hybridized carbons (Fsp3) is 0.400. The van der Waals surface area contributed by atoms with E-state index >= 15 is 0 Å². The Morgan fingerprint density at radius 2 is 1.81 bits per heavy atom. The minimum atomic E-state index is -3.26. The summed E-state index contributed by atoms with van der Waals surface area (Å²) in [7, 11) is -1.72. The van der Waals surface area contributed by atoms with E-state index in [2.05, 4.69) is 0 Å². The van der Waals surface area contributed by atoms with Crippen molar-refractivity contribution >= 4 is 32.4 Å². The smallest absolute Gasteiger partial charge is 0.162 e. The number of aliphatic hydroxyl groups is 1. The molecule has 0 saturated heterocycles. The van der Waals surface area contributed by atoms with Gasteiger partial charge in [0.05, 0.1) is 7.11 Å². The van der Waals surface area contributed by atoms with Crippen LogP contribution in [-0.4, -0.2) is 30.1 Å². The second kappa shape index (κ2) is 5.33. The average molecular weight is 356 g/mol. The zero-order valence-corrected chi connectivity index (χ0v) is 11.9. The molecule has 16 heavy (non-hydrogen) atoms. The van der Waals surface area contributed by atoms with Crippen LogP contribution in [0.5, 0.6) is 5.75 Å². The number of alkyl halides is 1. The summed E-state index contributed by atoms with van der Waals surface area (Å²) in [5.74, 6) is 0.667. The van der Waals surface area contributed by atoms with Crippen molar-refractivity contribution in [2.75, 3.05) is 13.4 Å². The highest BCUT2D eigenvalue weighted by molar-refractivity contribution is 14.1. The van der Waals surface area contributed by atoms with E-state index < -0.39 is 19.2 Å². The second-order valence-electron chi connectivity index (χ2n) is 3.40. The maximum atomic E-state index is 11.3. The van der Waals surface area contributed by atoms with Crippen molar-refractivity contribution in [1.82, 2.24) is 0 Å². The van der Waals surface area contributed by atoms with E-state index in [1.54, 1.807) is 54.0 Å². The van der Waals surface area contributed by atoms with Crippen LogP contribution in [0.15, 0.2) is 24.3 Å². The summed E-state index contributed by atoms with van der Waals surface area (Å²) in [6.45, 7) is 0. The summed E-state index contributed by atoms with van der Waals surface area (Å²) in [6, 6.07) is 6.68. The van der Waals surface area contributed by atoms with Crippen LogP contribution >= 0.6 is 22.6 Å². The molecule has 0 aliphatic carbocycles. The van der Waals surface area contributed by atoms with Crippen molar-refractivity contribution in [3.05, 3.63) is 29.8 Å². The van der Waals surface area contributed by atoms with Crippen LogP contribution < -0.4 is 4.74 Å². The Bertz CT molecular complexity index is 440. The molecule has 1 N–H and O–H groups in total. The van der Waals surface area contributed by atoms with Crippen LogP contribution in [0, 0.1) is 0 Å². The van der Waals surface area contributed by atoms with E-state index in [0.717, 1.165) is 6.26 Å². The molecule has 90 valence electrons. The van der Waals surface area contributed by atoms with Crippen molar-refractivity contribution in [2.45, 2.75) is 9.36 Å². The third-order valence-corrected chi connectivity index (χ3v) is 6.64. The van der Waals surface area contributed by atoms with Gasteiger partial charge in [0.1, 0.15) is 15.1 Å². The fourth-order valence-electron chi connectivity index (χ4n) is 1.19. The second-order valence-corrected chi connectivity index (χ2v) is 7.75. The van der Waals surface area contributed by atoms with Crippen LogP contribution in [0.1, 0.15) is 11.7 Å². The van der Waals surface area contributed by atoms with Gasteiger partial charge in [-0.2, -0.15) is 0 Å². The van der Waals surface area contributed by atoms with Crippen LogP contribution in [0.3, 0.4) is 0 Å². The van der Waals surface area contributed by atoms with Gasteiger partial charge in [-0.3, -0.25) is 0 Å². The molecule has 0 amide bonds. The lowest BCUT2D eigenvalue weighted by molar-refractivity contribution is 0.197. The molecule has 0 spiro atoms. The number of halogens is 1. The van der Waals surface area contributed by atoms with Crippen LogP contribution in [-0.2, 0) is 9.84 Å². The predicted octanol–water partition coefficient (Wildman–Crippen LogP) is 1.53. The average Bonchev–Trinajstić information content (AvgIpc) is 2.26. The molecule has 1 rings (SSSR count). The largest absolute Gasteiger partial charge is 0.497 e. The predicted molar refractivity (Wildman–Crippen MR) is 70.6 cm³/mol. The van der Waals surface area contributed by atoms with Gasteiger partial charge in [0.2, 0.25) is 0 Å². The number of rotatable bonds is 4. The third-order valence-electron chi connectivity index (χ3n) is 2.11. The number of aliphatic hydroxyl groups excluding tert-OH is 1. The molecule has 0 aliphatic rings. The summed E-state index contributed by atoms with van der Waals surface area (Å²) in [4.78, 5) is 0. The van der Waals surface area contributed by atoms with E-state index in [1.807, 2.05) is 0 Å². The Hall–Kier alpha value is -0.340. The molecular formula is C10H13IO4S. The van der Waals surface area contributed by atoms with Crippen LogP contribution in [0.25, 0.3) is 0 Å². The molecule has 0 unspecified atom stereocenters. The first-order valence-corrected chi connectivity index (χ1v) is 7.71. The van der Waals surface area contributed by atoms with E-state index in [1.165, 1.54) is 0 Å². The molecule has 1 aromatic carbocycles. The Kier molecular flexibility index (Phi) is 4.57. The number of benzene rings is 1. The highest BCUT2D eigenvalue weighted by Crippen LogP contribution is 2.27. The fourth-order valence-corrected chi connectivity index (χ4v) is 2.23. The standard InChI is InChI=1S/C10H13IO4S/c1-15-8-5-3-7(4-6-8)9(12)10(11)16(2,13)14/h3-6,9-10,12H,1-2H3/t9-,10-/m1/s1. The Balaban J connectivity index is 2.92. The summed E-state index contributed by atoms with van der Waals surface area (Å²) in [5.41, 5.74) is 0.561. The zero-order valence-electron chi connectivity index (χ0n) is 8.92. The summed E-state index contributed by atoms with van der Waals surface area (Å²) >= 11 is 1.73. The molecule has 0 saturated carbocycles. The molecule has 0 radical (unpaired) electrons. The maximum Gasteiger partial charge on any atom is 0.162 e. The molecule has 2 atom stereocenters. The lowest BCUT2D eigenvalue weighted by Gasteiger charge is -2.16. The minimum Gasteiger partial charge on any atom is -0.497 e. The van der Waals surface area contributed by atoms with Gasteiger partial charge >= 0.3 is 0 Å². The molecule has 6 heteroatoms. The quantitative estimate of drug-likeness (QED) is 0.657. The third kappa shape index (κ3) is 3.33. The van der Waals surface area contributed by atoms with Gasteiger partial charge in [-0.15, -0.1) is 0 Å². The Labute approximate surface area is 109 Å². The highest BCUT2D eigenvalue weighted by atomic mass is 127. The van der Waals surface area contributed by atoms with Crippen molar-refractivity contribution in [2.24, 2.45) is 0 Å². The highest BCUT2D eigenvalue weighted by Gasteiger charge is 2.27. The molecule has 1 aromatic rings. The molecule has 0 fully saturated rings. The van der Waals surface area contributed by atoms with Crippen molar-refractivity contribution in [1.29, 1.82) is 0 Å². The van der Waals surface area contributed by atoms with Gasteiger partial charge in [-0.05, 0) is 17.7 Å². The van der Waals surface area contributed by atoms with E-state index in [-0.39, 0.29) is 0 Å². The molecule has 0 aromatic heterocycles. The first-order chi connectivity index (χ1) is 7.36. The number of sulfone groups is 1.